The largest absolute Gasteiger partial charge is 0.382 e. The van der Waals surface area contributed by atoms with Gasteiger partial charge in [0, 0.05) is 19.6 Å². The predicted octanol–water partition coefficient (Wildman–Crippen LogP) is 0.441. The minimum atomic E-state index is -0.697. The normalized spacial score (nSPS) is 19.6. The highest BCUT2D eigenvalue weighted by Gasteiger charge is 2.38. The summed E-state index contributed by atoms with van der Waals surface area (Å²) in [4.78, 5) is 11.6. The topological polar surface area (TPSA) is 82.8 Å². The van der Waals surface area contributed by atoms with E-state index in [0.29, 0.717) is 38.9 Å². The van der Waals surface area contributed by atoms with E-state index in [2.05, 4.69) is 5.32 Å². The number of carbonyl (C=O) groups excluding carboxylic acids is 1. The zero-order chi connectivity index (χ0) is 15.0. The van der Waals surface area contributed by atoms with E-state index >= 15 is 0 Å². The van der Waals surface area contributed by atoms with Gasteiger partial charge >= 0.3 is 0 Å². The van der Waals surface area contributed by atoms with Crippen LogP contribution in [0.25, 0.3) is 0 Å². The molecule has 0 saturated heterocycles. The second-order valence-electron chi connectivity index (χ2n) is 5.61. The summed E-state index contributed by atoms with van der Waals surface area (Å²) in [6, 6.07) is 0.428. The summed E-state index contributed by atoms with van der Waals surface area (Å²) < 4.78 is 15.9. The second kappa shape index (κ2) is 8.56. The van der Waals surface area contributed by atoms with Gasteiger partial charge in [-0.2, -0.15) is 0 Å². The molecule has 1 aliphatic rings. The standard InChI is InChI=1S/C14H28N2O4/c1-11(20-9-8-19-7-6-18-3)10-14(2,13(15)17)16-12-4-5-12/h11-12,16H,4-10H2,1-3H3,(H2,15,17). The van der Waals surface area contributed by atoms with Crippen molar-refractivity contribution in [1.29, 1.82) is 0 Å². The van der Waals surface area contributed by atoms with E-state index in [9.17, 15) is 4.79 Å². The number of nitrogens with two attached hydrogens (primary N) is 1. The van der Waals surface area contributed by atoms with Gasteiger partial charge in [0.1, 0.15) is 0 Å². The summed E-state index contributed by atoms with van der Waals surface area (Å²) in [5.74, 6) is -0.323. The Bertz CT molecular complexity index is 297. The zero-order valence-electron chi connectivity index (χ0n) is 12.8. The molecular weight excluding hydrogens is 260 g/mol. The van der Waals surface area contributed by atoms with Crippen LogP contribution in [0.15, 0.2) is 0 Å². The number of primary amides is 1. The van der Waals surface area contributed by atoms with Gasteiger partial charge in [-0.15, -0.1) is 0 Å². The smallest absolute Gasteiger partial charge is 0.237 e. The number of amides is 1. The Hall–Kier alpha value is -0.690. The maximum Gasteiger partial charge on any atom is 0.237 e. The van der Waals surface area contributed by atoms with Crippen LogP contribution in [-0.2, 0) is 19.0 Å². The predicted molar refractivity (Wildman–Crippen MR) is 76.5 cm³/mol. The van der Waals surface area contributed by atoms with Crippen molar-refractivity contribution in [2.75, 3.05) is 33.5 Å². The highest BCUT2D eigenvalue weighted by molar-refractivity contribution is 5.84. The molecule has 0 aliphatic heterocycles. The van der Waals surface area contributed by atoms with Gasteiger partial charge < -0.3 is 25.3 Å². The maximum absolute atomic E-state index is 11.6. The molecule has 20 heavy (non-hydrogen) atoms. The number of hydrogen-bond acceptors (Lipinski definition) is 5. The monoisotopic (exact) mass is 288 g/mol. The molecule has 0 radical (unpaired) electrons. The van der Waals surface area contributed by atoms with Crippen LogP contribution >= 0.6 is 0 Å². The van der Waals surface area contributed by atoms with Gasteiger partial charge in [-0.1, -0.05) is 0 Å². The molecular formula is C14H28N2O4. The van der Waals surface area contributed by atoms with Gasteiger partial charge in [-0.25, -0.2) is 0 Å². The molecule has 3 N–H and O–H groups in total. The Morgan fingerprint density at radius 1 is 1.35 bits per heavy atom. The Morgan fingerprint density at radius 3 is 2.55 bits per heavy atom. The highest BCUT2D eigenvalue weighted by Crippen LogP contribution is 2.25. The summed E-state index contributed by atoms with van der Waals surface area (Å²) in [5, 5.41) is 3.31. The van der Waals surface area contributed by atoms with Crippen LogP contribution in [-0.4, -0.2) is 57.1 Å². The van der Waals surface area contributed by atoms with E-state index in [1.54, 1.807) is 7.11 Å². The molecule has 6 nitrogen and oxygen atoms in total. The number of hydrogen-bond donors (Lipinski definition) is 2. The van der Waals surface area contributed by atoms with Gasteiger partial charge in [0.25, 0.3) is 0 Å². The third-order valence-corrected chi connectivity index (χ3v) is 3.40. The fraction of sp³-hybridized carbons (Fsp3) is 0.929. The minimum absolute atomic E-state index is 0.0511. The summed E-state index contributed by atoms with van der Waals surface area (Å²) >= 11 is 0. The van der Waals surface area contributed by atoms with Crippen molar-refractivity contribution in [3.63, 3.8) is 0 Å². The quantitative estimate of drug-likeness (QED) is 0.509. The van der Waals surface area contributed by atoms with E-state index in [4.69, 9.17) is 19.9 Å². The number of methoxy groups -OCH3 is 1. The first kappa shape index (κ1) is 17.4. The molecule has 0 aromatic rings. The molecule has 0 aromatic heterocycles. The van der Waals surface area contributed by atoms with Crippen molar-refractivity contribution < 1.29 is 19.0 Å². The number of carbonyl (C=O) groups is 1. The lowest BCUT2D eigenvalue weighted by molar-refractivity contribution is -0.125. The molecule has 6 heteroatoms. The van der Waals surface area contributed by atoms with Crippen molar-refractivity contribution in [3.8, 4) is 0 Å². The van der Waals surface area contributed by atoms with E-state index < -0.39 is 5.54 Å². The van der Waals surface area contributed by atoms with Crippen LogP contribution < -0.4 is 11.1 Å². The van der Waals surface area contributed by atoms with Crippen LogP contribution in [0, 0.1) is 0 Å². The van der Waals surface area contributed by atoms with Gasteiger partial charge in [-0.3, -0.25) is 4.79 Å². The SMILES string of the molecule is COCCOCCOC(C)CC(C)(NC1CC1)C(N)=O. The van der Waals surface area contributed by atoms with Gasteiger partial charge in [-0.05, 0) is 26.7 Å². The molecule has 2 atom stereocenters. The molecule has 1 saturated carbocycles. The van der Waals surface area contributed by atoms with E-state index in [1.807, 2.05) is 13.8 Å². The lowest BCUT2D eigenvalue weighted by Gasteiger charge is -2.30. The van der Waals surface area contributed by atoms with Gasteiger partial charge in [0.2, 0.25) is 5.91 Å². The average Bonchev–Trinajstić information content (AvgIpc) is 3.17. The highest BCUT2D eigenvalue weighted by atomic mass is 16.5. The molecule has 1 aliphatic carbocycles. The first-order chi connectivity index (χ1) is 9.48. The van der Waals surface area contributed by atoms with Crippen LogP contribution in [0.2, 0.25) is 0 Å². The zero-order valence-corrected chi connectivity index (χ0v) is 12.8. The molecule has 1 fully saturated rings. The Labute approximate surface area is 121 Å². The number of rotatable bonds is 12. The molecule has 1 rings (SSSR count). The van der Waals surface area contributed by atoms with E-state index in [1.165, 1.54) is 0 Å². The molecule has 2 unspecified atom stereocenters. The Balaban J connectivity index is 2.20. The Morgan fingerprint density at radius 2 is 2.00 bits per heavy atom. The van der Waals surface area contributed by atoms with Crippen molar-refractivity contribution in [2.24, 2.45) is 5.73 Å². The first-order valence-electron chi connectivity index (χ1n) is 7.24. The third-order valence-electron chi connectivity index (χ3n) is 3.40. The average molecular weight is 288 g/mol. The number of nitrogens with one attached hydrogen (secondary N) is 1. The molecule has 0 bridgehead atoms. The van der Waals surface area contributed by atoms with Crippen molar-refractivity contribution in [2.45, 2.75) is 50.8 Å². The van der Waals surface area contributed by atoms with E-state index in [0.717, 1.165) is 12.8 Å². The van der Waals surface area contributed by atoms with Crippen LogP contribution in [0.1, 0.15) is 33.1 Å². The third kappa shape index (κ3) is 6.65. The van der Waals surface area contributed by atoms with Crippen molar-refractivity contribution in [3.05, 3.63) is 0 Å². The lowest BCUT2D eigenvalue weighted by atomic mass is 9.93. The van der Waals surface area contributed by atoms with Crippen LogP contribution in [0.3, 0.4) is 0 Å². The van der Waals surface area contributed by atoms with Crippen LogP contribution in [0.4, 0.5) is 0 Å². The van der Waals surface area contributed by atoms with Gasteiger partial charge in [0.15, 0.2) is 0 Å². The second-order valence-corrected chi connectivity index (χ2v) is 5.61. The van der Waals surface area contributed by atoms with Crippen LogP contribution in [0.5, 0.6) is 0 Å². The summed E-state index contributed by atoms with van der Waals surface area (Å²) in [7, 11) is 1.64. The molecule has 0 aromatic carbocycles. The summed E-state index contributed by atoms with van der Waals surface area (Å²) in [6.45, 7) is 5.98. The summed E-state index contributed by atoms with van der Waals surface area (Å²) in [5.41, 5.74) is 4.81. The fourth-order valence-electron chi connectivity index (χ4n) is 2.10. The van der Waals surface area contributed by atoms with Gasteiger partial charge in [0.05, 0.1) is 38.1 Å². The lowest BCUT2D eigenvalue weighted by Crippen LogP contribution is -2.55. The summed E-state index contributed by atoms with van der Waals surface area (Å²) in [6.07, 6.45) is 2.75. The van der Waals surface area contributed by atoms with E-state index in [-0.39, 0.29) is 12.0 Å². The Kier molecular flexibility index (Phi) is 7.43. The molecule has 0 spiro atoms. The molecule has 118 valence electrons. The van der Waals surface area contributed by atoms with Crippen molar-refractivity contribution >= 4 is 5.91 Å². The van der Waals surface area contributed by atoms with Crippen molar-refractivity contribution in [1.82, 2.24) is 5.32 Å². The number of ether oxygens (including phenoxy) is 3. The minimum Gasteiger partial charge on any atom is -0.382 e. The maximum atomic E-state index is 11.6. The molecule has 0 heterocycles. The molecule has 1 amide bonds. The fourth-order valence-corrected chi connectivity index (χ4v) is 2.10. The first-order valence-corrected chi connectivity index (χ1v) is 7.24.